The number of fused-ring (bicyclic) bond motifs is 1. The summed E-state index contributed by atoms with van der Waals surface area (Å²) in [7, 11) is 0. The van der Waals surface area contributed by atoms with Crippen LogP contribution in [0.5, 0.6) is 5.75 Å². The summed E-state index contributed by atoms with van der Waals surface area (Å²) in [4.78, 5) is 21.8. The number of carbonyl (C=O) groups excluding carboxylic acids is 1. The van der Waals surface area contributed by atoms with Crippen LogP contribution in [-0.4, -0.2) is 55.2 Å². The summed E-state index contributed by atoms with van der Waals surface area (Å²) in [5.74, 6) is 1.27. The Balaban J connectivity index is 1.68. The van der Waals surface area contributed by atoms with Gasteiger partial charge in [0.2, 0.25) is 0 Å². The van der Waals surface area contributed by atoms with Gasteiger partial charge in [-0.1, -0.05) is 6.07 Å². The van der Waals surface area contributed by atoms with Crippen LogP contribution in [0.25, 0.3) is 0 Å². The highest BCUT2D eigenvalue weighted by molar-refractivity contribution is 7.12. The van der Waals surface area contributed by atoms with Crippen molar-refractivity contribution in [2.45, 2.75) is 33.3 Å². The lowest BCUT2D eigenvalue weighted by Gasteiger charge is -2.33. The number of likely N-dealkylation sites (N-methyl/N-ethyl adjacent to an activating group) is 1. The second-order valence-electron chi connectivity index (χ2n) is 8.02. The highest BCUT2D eigenvalue weighted by Gasteiger charge is 2.23. The van der Waals surface area contributed by atoms with E-state index in [2.05, 4.69) is 9.89 Å². The lowest BCUT2D eigenvalue weighted by atomic mass is 10.2. The van der Waals surface area contributed by atoms with Crippen LogP contribution < -0.4 is 15.4 Å². The SMILES string of the molecule is CCN(CCN1CCOc2cc(N=C(N)c3cccs3)ccc21)C(=O)OC(C)(C)C. The van der Waals surface area contributed by atoms with Crippen LogP contribution in [0.15, 0.2) is 40.7 Å². The van der Waals surface area contributed by atoms with Crippen molar-refractivity contribution in [2.24, 2.45) is 10.7 Å². The fourth-order valence-electron chi connectivity index (χ4n) is 3.13. The van der Waals surface area contributed by atoms with Crippen LogP contribution >= 0.6 is 11.3 Å². The van der Waals surface area contributed by atoms with Gasteiger partial charge in [0.25, 0.3) is 0 Å². The Morgan fingerprint density at radius 3 is 2.83 bits per heavy atom. The first-order valence-corrected chi connectivity index (χ1v) is 11.0. The number of rotatable bonds is 6. The maximum atomic E-state index is 12.4. The predicted octanol–water partition coefficient (Wildman–Crippen LogP) is 4.24. The van der Waals surface area contributed by atoms with E-state index in [1.165, 1.54) is 0 Å². The fraction of sp³-hybridized carbons (Fsp3) is 0.455. The lowest BCUT2D eigenvalue weighted by Crippen LogP contribution is -2.43. The molecule has 0 bridgehead atoms. The standard InChI is InChI=1S/C22H30N4O3S/c1-5-25(21(27)29-22(2,3)4)10-11-26-12-13-28-18-15-16(8-9-17(18)26)24-20(23)19-7-6-14-30-19/h6-9,14-15H,5,10-13H2,1-4H3,(H2,23,24). The minimum Gasteiger partial charge on any atom is -0.489 e. The Labute approximate surface area is 182 Å². The number of nitrogens with two attached hydrogens (primary N) is 1. The molecule has 0 radical (unpaired) electrons. The Morgan fingerprint density at radius 2 is 2.17 bits per heavy atom. The molecule has 0 fully saturated rings. The molecule has 1 amide bonds. The monoisotopic (exact) mass is 430 g/mol. The van der Waals surface area contributed by atoms with Crippen LogP contribution in [0.2, 0.25) is 0 Å². The number of anilines is 1. The average molecular weight is 431 g/mol. The molecule has 2 aromatic rings. The predicted molar refractivity (Wildman–Crippen MR) is 122 cm³/mol. The number of thiophene rings is 1. The summed E-state index contributed by atoms with van der Waals surface area (Å²) < 4.78 is 11.4. The summed E-state index contributed by atoms with van der Waals surface area (Å²) in [6.07, 6.45) is -0.285. The van der Waals surface area contributed by atoms with Gasteiger partial charge >= 0.3 is 6.09 Å². The third-order valence-corrected chi connectivity index (χ3v) is 5.49. The summed E-state index contributed by atoms with van der Waals surface area (Å²) in [5.41, 5.74) is 7.35. The second-order valence-corrected chi connectivity index (χ2v) is 8.97. The highest BCUT2D eigenvalue weighted by Crippen LogP contribution is 2.35. The van der Waals surface area contributed by atoms with Gasteiger partial charge < -0.3 is 25.0 Å². The van der Waals surface area contributed by atoms with Crippen molar-refractivity contribution in [3.05, 3.63) is 40.6 Å². The number of amides is 1. The number of carbonyl (C=O) groups is 1. The molecule has 2 heterocycles. The van der Waals surface area contributed by atoms with Gasteiger partial charge in [0.15, 0.2) is 0 Å². The molecule has 162 valence electrons. The van der Waals surface area contributed by atoms with Crippen LogP contribution in [0.1, 0.15) is 32.6 Å². The molecule has 1 aromatic carbocycles. The van der Waals surface area contributed by atoms with E-state index in [0.29, 0.717) is 32.1 Å². The largest absolute Gasteiger partial charge is 0.489 e. The number of amidine groups is 1. The van der Waals surface area contributed by atoms with Gasteiger partial charge in [0, 0.05) is 25.7 Å². The molecule has 0 unspecified atom stereocenters. The molecule has 1 aromatic heterocycles. The highest BCUT2D eigenvalue weighted by atomic mass is 32.1. The van der Waals surface area contributed by atoms with Gasteiger partial charge in [-0.15, -0.1) is 11.3 Å². The maximum Gasteiger partial charge on any atom is 0.410 e. The molecule has 0 atom stereocenters. The minimum atomic E-state index is -0.502. The van der Waals surface area contributed by atoms with E-state index in [0.717, 1.165) is 28.5 Å². The van der Waals surface area contributed by atoms with Gasteiger partial charge in [-0.25, -0.2) is 9.79 Å². The molecule has 0 aliphatic carbocycles. The number of aliphatic imine (C=N–C) groups is 1. The number of hydrogen-bond acceptors (Lipinski definition) is 6. The van der Waals surface area contributed by atoms with E-state index < -0.39 is 5.60 Å². The third-order valence-electron chi connectivity index (χ3n) is 4.60. The van der Waals surface area contributed by atoms with Crippen molar-refractivity contribution in [1.82, 2.24) is 4.90 Å². The molecule has 2 N–H and O–H groups in total. The third kappa shape index (κ3) is 5.66. The van der Waals surface area contributed by atoms with Crippen molar-refractivity contribution in [1.29, 1.82) is 0 Å². The van der Waals surface area contributed by atoms with Crippen molar-refractivity contribution in [2.75, 3.05) is 37.7 Å². The van der Waals surface area contributed by atoms with E-state index >= 15 is 0 Å². The zero-order valence-corrected chi connectivity index (χ0v) is 18.9. The maximum absolute atomic E-state index is 12.4. The van der Waals surface area contributed by atoms with Gasteiger partial charge in [0.05, 0.1) is 22.8 Å². The number of hydrogen-bond donors (Lipinski definition) is 1. The molecular formula is C22H30N4O3S. The zero-order chi connectivity index (χ0) is 21.7. The van der Waals surface area contributed by atoms with E-state index in [1.54, 1.807) is 16.2 Å². The van der Waals surface area contributed by atoms with Gasteiger partial charge in [-0.05, 0) is 51.3 Å². The Morgan fingerprint density at radius 1 is 1.37 bits per heavy atom. The average Bonchev–Trinajstić information content (AvgIpc) is 3.22. The molecule has 0 saturated heterocycles. The number of nitrogens with zero attached hydrogens (tertiary/aromatic N) is 3. The fourth-order valence-corrected chi connectivity index (χ4v) is 3.76. The summed E-state index contributed by atoms with van der Waals surface area (Å²) in [5, 5.41) is 1.97. The zero-order valence-electron chi connectivity index (χ0n) is 18.1. The normalized spacial score (nSPS) is 14.1. The van der Waals surface area contributed by atoms with Crippen molar-refractivity contribution >= 4 is 34.6 Å². The molecule has 3 rings (SSSR count). The van der Waals surface area contributed by atoms with Crippen LogP contribution in [0.4, 0.5) is 16.2 Å². The van der Waals surface area contributed by atoms with Crippen molar-refractivity contribution in [3.63, 3.8) is 0 Å². The van der Waals surface area contributed by atoms with Crippen molar-refractivity contribution < 1.29 is 14.3 Å². The summed E-state index contributed by atoms with van der Waals surface area (Å²) in [6.45, 7) is 10.8. The molecule has 1 aliphatic heterocycles. The van der Waals surface area contributed by atoms with Crippen LogP contribution in [0.3, 0.4) is 0 Å². The number of ether oxygens (including phenoxy) is 2. The van der Waals surface area contributed by atoms with Crippen molar-refractivity contribution in [3.8, 4) is 5.75 Å². The topological polar surface area (TPSA) is 80.4 Å². The summed E-state index contributed by atoms with van der Waals surface area (Å²) in [6, 6.07) is 9.75. The van der Waals surface area contributed by atoms with Crippen LogP contribution in [-0.2, 0) is 4.74 Å². The molecule has 0 spiro atoms. The quantitative estimate of drug-likeness (QED) is 0.548. The molecule has 8 heteroatoms. The van der Waals surface area contributed by atoms with E-state index in [4.69, 9.17) is 15.2 Å². The van der Waals surface area contributed by atoms with E-state index in [-0.39, 0.29) is 6.09 Å². The molecule has 0 saturated carbocycles. The molecular weight excluding hydrogens is 400 g/mol. The Hall–Kier alpha value is -2.74. The van der Waals surface area contributed by atoms with Crippen LogP contribution in [0, 0.1) is 0 Å². The first-order chi connectivity index (χ1) is 14.3. The lowest BCUT2D eigenvalue weighted by molar-refractivity contribution is 0.0265. The Bertz CT molecular complexity index is 890. The first-order valence-electron chi connectivity index (χ1n) is 10.1. The van der Waals surface area contributed by atoms with Gasteiger partial charge in [-0.2, -0.15) is 0 Å². The first kappa shape index (κ1) is 22.0. The molecule has 7 nitrogen and oxygen atoms in total. The minimum absolute atomic E-state index is 0.285. The molecule has 30 heavy (non-hydrogen) atoms. The Kier molecular flexibility index (Phi) is 6.87. The van der Waals surface area contributed by atoms with Gasteiger partial charge in [0.1, 0.15) is 23.8 Å². The second kappa shape index (κ2) is 9.38. The smallest absolute Gasteiger partial charge is 0.410 e. The van der Waals surface area contributed by atoms with E-state index in [1.807, 2.05) is 63.4 Å². The molecule has 1 aliphatic rings. The van der Waals surface area contributed by atoms with Gasteiger partial charge in [-0.3, -0.25) is 0 Å². The summed E-state index contributed by atoms with van der Waals surface area (Å²) >= 11 is 1.56. The number of benzene rings is 1. The van der Waals surface area contributed by atoms with E-state index in [9.17, 15) is 4.79 Å².